The summed E-state index contributed by atoms with van der Waals surface area (Å²) in [5.41, 5.74) is 6.89. The third kappa shape index (κ3) is 2.97. The van der Waals surface area contributed by atoms with Crippen molar-refractivity contribution in [3.8, 4) is 5.95 Å². The Kier molecular flexibility index (Phi) is 4.12. The highest BCUT2D eigenvalue weighted by Gasteiger charge is 2.32. The lowest BCUT2D eigenvalue weighted by molar-refractivity contribution is 0.0963. The summed E-state index contributed by atoms with van der Waals surface area (Å²) in [7, 11) is 0. The van der Waals surface area contributed by atoms with E-state index in [4.69, 9.17) is 4.98 Å². The molecular weight excluding hydrogens is 360 g/mol. The molecule has 1 aliphatic rings. The minimum Gasteiger partial charge on any atom is -0.322 e. The number of para-hydroxylation sites is 2. The molecule has 5 heteroatoms. The van der Waals surface area contributed by atoms with Crippen LogP contribution in [0.2, 0.25) is 0 Å². The van der Waals surface area contributed by atoms with E-state index in [2.05, 4.69) is 48.2 Å². The topological polar surface area (TPSA) is 63.6 Å². The van der Waals surface area contributed by atoms with Gasteiger partial charge in [0.2, 0.25) is 5.95 Å². The molecule has 0 saturated heterocycles. The smallest absolute Gasteiger partial charge is 0.229 e. The molecule has 0 aliphatic heterocycles. The molecule has 2 aromatic carbocycles. The van der Waals surface area contributed by atoms with Gasteiger partial charge in [0.25, 0.3) is 0 Å². The number of Topliss-reactive ketones (excluding diaryl/α,β-unsaturated/α-hetero) is 1. The molecule has 2 aromatic heterocycles. The minimum atomic E-state index is 0.162. The quantitative estimate of drug-likeness (QED) is 0.535. The number of carbonyl (C=O) groups is 1. The second-order valence-corrected chi connectivity index (χ2v) is 8.25. The third-order valence-electron chi connectivity index (χ3n) is 5.96. The number of hydrogen-bond donors (Lipinski definition) is 1. The van der Waals surface area contributed by atoms with E-state index in [0.29, 0.717) is 18.3 Å². The number of aromatic amines is 1. The van der Waals surface area contributed by atoms with Crippen molar-refractivity contribution in [2.45, 2.75) is 45.4 Å². The second-order valence-electron chi connectivity index (χ2n) is 8.25. The summed E-state index contributed by atoms with van der Waals surface area (Å²) in [4.78, 5) is 21.0. The van der Waals surface area contributed by atoms with Crippen LogP contribution in [0.4, 0.5) is 0 Å². The van der Waals surface area contributed by atoms with Gasteiger partial charge in [0.15, 0.2) is 5.78 Å². The number of rotatable bonds is 3. The Hall–Kier alpha value is -3.21. The number of nitrogens with zero attached hydrogens (tertiary/aromatic N) is 3. The van der Waals surface area contributed by atoms with Crippen molar-refractivity contribution in [3.05, 3.63) is 76.6 Å². The molecule has 0 amide bonds. The first-order valence-electron chi connectivity index (χ1n) is 10.2. The summed E-state index contributed by atoms with van der Waals surface area (Å²) in [6.07, 6.45) is 1.31. The molecule has 5 rings (SSSR count). The number of benzene rings is 2. The third-order valence-corrected chi connectivity index (χ3v) is 5.96. The van der Waals surface area contributed by atoms with Crippen molar-refractivity contribution in [1.82, 2.24) is 19.7 Å². The number of aryl methyl sites for hydroxylation is 1. The Labute approximate surface area is 169 Å². The summed E-state index contributed by atoms with van der Waals surface area (Å²) in [5, 5.41) is 4.68. The molecular formula is C24H24N4O. The zero-order chi connectivity index (χ0) is 20.1. The monoisotopic (exact) mass is 384 g/mol. The lowest BCUT2D eigenvalue weighted by atomic mass is 9.81. The molecule has 0 fully saturated rings. The van der Waals surface area contributed by atoms with Gasteiger partial charge in [-0.25, -0.2) is 9.67 Å². The molecule has 1 atom stereocenters. The van der Waals surface area contributed by atoms with Crippen LogP contribution in [0, 0.1) is 6.92 Å². The van der Waals surface area contributed by atoms with Crippen LogP contribution in [-0.4, -0.2) is 25.5 Å². The van der Waals surface area contributed by atoms with Crippen LogP contribution in [0.15, 0.2) is 48.5 Å². The Morgan fingerprint density at radius 3 is 2.55 bits per heavy atom. The van der Waals surface area contributed by atoms with Crippen LogP contribution >= 0.6 is 0 Å². The number of carbonyl (C=O) groups excluding carboxylic acids is 1. The Morgan fingerprint density at radius 2 is 1.83 bits per heavy atom. The van der Waals surface area contributed by atoms with E-state index >= 15 is 0 Å². The molecule has 29 heavy (non-hydrogen) atoms. The minimum absolute atomic E-state index is 0.162. The molecule has 0 spiro atoms. The normalized spacial score (nSPS) is 16.6. The first-order chi connectivity index (χ1) is 14.0. The van der Waals surface area contributed by atoms with E-state index in [1.165, 1.54) is 11.1 Å². The number of aromatic nitrogens is 4. The fourth-order valence-corrected chi connectivity index (χ4v) is 4.36. The van der Waals surface area contributed by atoms with Crippen molar-refractivity contribution < 1.29 is 4.79 Å². The number of nitrogens with one attached hydrogen (secondary N) is 1. The Balaban J connectivity index is 1.56. The van der Waals surface area contributed by atoms with Crippen LogP contribution in [-0.2, 0) is 6.42 Å². The zero-order valence-corrected chi connectivity index (χ0v) is 16.9. The fourth-order valence-electron chi connectivity index (χ4n) is 4.36. The van der Waals surface area contributed by atoms with Crippen LogP contribution in [0.25, 0.3) is 17.0 Å². The molecule has 0 bridgehead atoms. The van der Waals surface area contributed by atoms with E-state index in [0.717, 1.165) is 34.4 Å². The predicted octanol–water partition coefficient (Wildman–Crippen LogP) is 5.09. The first kappa shape index (κ1) is 17.9. The average Bonchev–Trinajstić information content (AvgIpc) is 3.29. The Morgan fingerprint density at radius 1 is 1.07 bits per heavy atom. The van der Waals surface area contributed by atoms with E-state index in [-0.39, 0.29) is 11.7 Å². The lowest BCUT2D eigenvalue weighted by Gasteiger charge is -2.23. The predicted molar refractivity (Wildman–Crippen MR) is 114 cm³/mol. The maximum Gasteiger partial charge on any atom is 0.229 e. The van der Waals surface area contributed by atoms with E-state index in [1.54, 1.807) is 0 Å². The van der Waals surface area contributed by atoms with Gasteiger partial charge in [-0.15, -0.1) is 0 Å². The second kappa shape index (κ2) is 6.69. The van der Waals surface area contributed by atoms with Gasteiger partial charge in [0.05, 0.1) is 28.0 Å². The highest BCUT2D eigenvalue weighted by Crippen LogP contribution is 2.35. The number of fused-ring (bicyclic) bond motifs is 2. The SMILES string of the molecule is Cc1nn(-c2nc3ccccc3[nH]2)c2c1C(=O)CC(c1ccc(C(C)C)cc1)C2. The zero-order valence-electron chi connectivity index (χ0n) is 16.9. The van der Waals surface area contributed by atoms with Crippen LogP contribution < -0.4 is 0 Å². The number of hydrogen-bond acceptors (Lipinski definition) is 3. The van der Waals surface area contributed by atoms with E-state index in [9.17, 15) is 4.79 Å². The molecule has 1 aliphatic carbocycles. The molecule has 1 N–H and O–H groups in total. The van der Waals surface area contributed by atoms with E-state index in [1.807, 2.05) is 35.9 Å². The van der Waals surface area contributed by atoms with Gasteiger partial charge >= 0.3 is 0 Å². The average molecular weight is 384 g/mol. The maximum absolute atomic E-state index is 13.0. The first-order valence-corrected chi connectivity index (χ1v) is 10.2. The summed E-state index contributed by atoms with van der Waals surface area (Å²) in [6, 6.07) is 16.6. The van der Waals surface area contributed by atoms with Crippen LogP contribution in [0.1, 0.15) is 65.0 Å². The van der Waals surface area contributed by atoms with Crippen molar-refractivity contribution >= 4 is 16.8 Å². The van der Waals surface area contributed by atoms with Gasteiger partial charge < -0.3 is 4.98 Å². The lowest BCUT2D eigenvalue weighted by Crippen LogP contribution is -2.21. The van der Waals surface area contributed by atoms with Gasteiger partial charge in [0.1, 0.15) is 0 Å². The highest BCUT2D eigenvalue weighted by molar-refractivity contribution is 6.00. The number of ketones is 1. The summed E-state index contributed by atoms with van der Waals surface area (Å²) < 4.78 is 1.83. The van der Waals surface area contributed by atoms with Gasteiger partial charge in [-0.1, -0.05) is 50.2 Å². The highest BCUT2D eigenvalue weighted by atomic mass is 16.1. The van der Waals surface area contributed by atoms with Crippen molar-refractivity contribution in [2.24, 2.45) is 0 Å². The molecule has 1 unspecified atom stereocenters. The summed E-state index contributed by atoms with van der Waals surface area (Å²) >= 11 is 0. The van der Waals surface area contributed by atoms with Crippen molar-refractivity contribution in [3.63, 3.8) is 0 Å². The summed E-state index contributed by atoms with van der Waals surface area (Å²) in [6.45, 7) is 6.30. The molecule has 0 saturated carbocycles. The molecule has 4 aromatic rings. The van der Waals surface area contributed by atoms with Crippen LogP contribution in [0.3, 0.4) is 0 Å². The maximum atomic E-state index is 13.0. The van der Waals surface area contributed by atoms with Crippen molar-refractivity contribution in [2.75, 3.05) is 0 Å². The van der Waals surface area contributed by atoms with Crippen LogP contribution in [0.5, 0.6) is 0 Å². The summed E-state index contributed by atoms with van der Waals surface area (Å²) in [5.74, 6) is 1.50. The molecule has 5 nitrogen and oxygen atoms in total. The van der Waals surface area contributed by atoms with Gasteiger partial charge in [-0.05, 0) is 48.4 Å². The molecule has 0 radical (unpaired) electrons. The number of H-pyrrole nitrogens is 1. The van der Waals surface area contributed by atoms with Gasteiger partial charge in [-0.3, -0.25) is 4.79 Å². The van der Waals surface area contributed by atoms with E-state index < -0.39 is 0 Å². The largest absolute Gasteiger partial charge is 0.322 e. The standard InChI is InChI=1S/C24H24N4O/c1-14(2)16-8-10-17(11-9-16)18-12-21-23(22(29)13-18)15(3)27-28(21)24-25-19-6-4-5-7-20(19)26-24/h4-11,14,18H,12-13H2,1-3H3,(H,25,26). The van der Waals surface area contributed by atoms with Crippen molar-refractivity contribution in [1.29, 1.82) is 0 Å². The van der Waals surface area contributed by atoms with Gasteiger partial charge in [0, 0.05) is 6.42 Å². The Bertz CT molecular complexity index is 1180. The fraction of sp³-hybridized carbons (Fsp3) is 0.292. The molecule has 146 valence electrons. The van der Waals surface area contributed by atoms with Gasteiger partial charge in [-0.2, -0.15) is 5.10 Å². The molecule has 2 heterocycles. The number of imidazole rings is 1.